The summed E-state index contributed by atoms with van der Waals surface area (Å²) in [5.41, 5.74) is 5.93. The van der Waals surface area contributed by atoms with E-state index >= 15 is 0 Å². The topological polar surface area (TPSA) is 98.9 Å². The van der Waals surface area contributed by atoms with Crippen molar-refractivity contribution >= 4 is 15.7 Å². The summed E-state index contributed by atoms with van der Waals surface area (Å²) in [5, 5.41) is 0. The van der Waals surface area contributed by atoms with Crippen LogP contribution in [-0.4, -0.2) is 57.3 Å². The van der Waals surface area contributed by atoms with Gasteiger partial charge in [0.15, 0.2) is 21.3 Å². The zero-order valence-corrected chi connectivity index (χ0v) is 16.5. The van der Waals surface area contributed by atoms with Gasteiger partial charge in [-0.2, -0.15) is 0 Å². The van der Waals surface area contributed by atoms with Crippen molar-refractivity contribution in [2.45, 2.75) is 43.5 Å². The molecule has 8 heteroatoms. The number of amides is 1. The zero-order chi connectivity index (χ0) is 19.4. The average Bonchev–Trinajstić information content (AvgIpc) is 2.91. The first-order valence-electron chi connectivity index (χ1n) is 9.52. The van der Waals surface area contributed by atoms with E-state index in [1.165, 1.54) is 12.1 Å². The van der Waals surface area contributed by atoms with Crippen molar-refractivity contribution in [1.82, 2.24) is 4.90 Å². The van der Waals surface area contributed by atoms with Gasteiger partial charge >= 0.3 is 0 Å². The van der Waals surface area contributed by atoms with Gasteiger partial charge in [-0.1, -0.05) is 0 Å². The molecule has 1 fully saturated rings. The number of hydrogen-bond acceptors (Lipinski definition) is 6. The quantitative estimate of drug-likeness (QED) is 0.812. The maximum Gasteiger partial charge on any atom is 0.223 e. The highest BCUT2D eigenvalue weighted by Crippen LogP contribution is 2.32. The molecule has 0 spiro atoms. The van der Waals surface area contributed by atoms with E-state index in [0.717, 1.165) is 19.3 Å². The van der Waals surface area contributed by atoms with Crippen LogP contribution in [0.2, 0.25) is 0 Å². The molecule has 1 aromatic rings. The van der Waals surface area contributed by atoms with E-state index in [-0.39, 0.29) is 29.0 Å². The summed E-state index contributed by atoms with van der Waals surface area (Å²) in [5.74, 6) is 1.10. The van der Waals surface area contributed by atoms with Gasteiger partial charge in [-0.15, -0.1) is 0 Å². The number of rotatable bonds is 5. The second-order valence-corrected chi connectivity index (χ2v) is 9.41. The number of carbonyl (C=O) groups excluding carboxylic acids is 1. The Balaban J connectivity index is 1.59. The second kappa shape index (κ2) is 8.48. The highest BCUT2D eigenvalue weighted by Gasteiger charge is 2.26. The molecule has 1 unspecified atom stereocenters. The molecule has 1 aromatic carbocycles. The lowest BCUT2D eigenvalue weighted by Crippen LogP contribution is -2.42. The van der Waals surface area contributed by atoms with Crippen molar-refractivity contribution in [3.8, 4) is 11.5 Å². The second-order valence-electron chi connectivity index (χ2n) is 7.31. The molecule has 27 heavy (non-hydrogen) atoms. The number of benzene rings is 1. The first kappa shape index (κ1) is 19.9. The number of fused-ring (bicyclic) bond motifs is 1. The van der Waals surface area contributed by atoms with Gasteiger partial charge in [0.05, 0.1) is 23.9 Å². The van der Waals surface area contributed by atoms with Crippen molar-refractivity contribution in [2.24, 2.45) is 11.7 Å². The van der Waals surface area contributed by atoms with Crippen LogP contribution < -0.4 is 15.2 Å². The lowest BCUT2D eigenvalue weighted by Gasteiger charge is -2.33. The third kappa shape index (κ3) is 4.93. The van der Waals surface area contributed by atoms with Crippen molar-refractivity contribution in [3.63, 3.8) is 0 Å². The third-order valence-corrected chi connectivity index (χ3v) is 7.01. The van der Waals surface area contributed by atoms with Crippen LogP contribution in [0.15, 0.2) is 23.1 Å². The summed E-state index contributed by atoms with van der Waals surface area (Å²) in [6.45, 7) is 4.33. The molecular formula is C19H28N2O5S. The molecule has 1 saturated heterocycles. The fourth-order valence-electron chi connectivity index (χ4n) is 3.51. The van der Waals surface area contributed by atoms with Crippen LogP contribution >= 0.6 is 0 Å². The van der Waals surface area contributed by atoms with Gasteiger partial charge in [-0.25, -0.2) is 8.42 Å². The summed E-state index contributed by atoms with van der Waals surface area (Å²) in [4.78, 5) is 14.3. The summed E-state index contributed by atoms with van der Waals surface area (Å²) in [6.07, 6.45) is 2.49. The van der Waals surface area contributed by atoms with Gasteiger partial charge in [0.2, 0.25) is 5.91 Å². The Morgan fingerprint density at radius 3 is 2.56 bits per heavy atom. The van der Waals surface area contributed by atoms with Gasteiger partial charge < -0.3 is 20.1 Å². The number of ether oxygens (including phenoxy) is 2. The van der Waals surface area contributed by atoms with E-state index in [1.54, 1.807) is 11.0 Å². The van der Waals surface area contributed by atoms with Crippen LogP contribution in [0.1, 0.15) is 32.6 Å². The van der Waals surface area contributed by atoms with E-state index in [2.05, 4.69) is 0 Å². The predicted molar refractivity (Wildman–Crippen MR) is 102 cm³/mol. The number of likely N-dealkylation sites (tertiary alicyclic amines) is 1. The monoisotopic (exact) mass is 396 g/mol. The summed E-state index contributed by atoms with van der Waals surface area (Å²) in [6, 6.07) is 4.76. The SMILES string of the molecule is CC(N)C1CCN(C(=O)CCS(=O)(=O)c2ccc3c(c2)OCCCO3)CC1. The van der Waals surface area contributed by atoms with Gasteiger partial charge in [0, 0.05) is 38.0 Å². The minimum absolute atomic E-state index is 0.0143. The van der Waals surface area contributed by atoms with Crippen LogP contribution in [0.25, 0.3) is 0 Å². The number of carbonyl (C=O) groups is 1. The fraction of sp³-hybridized carbons (Fsp3) is 0.632. The molecule has 150 valence electrons. The van der Waals surface area contributed by atoms with Gasteiger partial charge in [0.1, 0.15) is 0 Å². The molecule has 1 amide bonds. The smallest absolute Gasteiger partial charge is 0.223 e. The summed E-state index contributed by atoms with van der Waals surface area (Å²) in [7, 11) is -3.57. The van der Waals surface area contributed by atoms with Crippen LogP contribution in [0.5, 0.6) is 11.5 Å². The number of piperidine rings is 1. The van der Waals surface area contributed by atoms with Crippen molar-refractivity contribution in [2.75, 3.05) is 32.1 Å². The Labute approximate surface area is 160 Å². The molecule has 2 N–H and O–H groups in total. The van der Waals surface area contributed by atoms with Crippen LogP contribution in [-0.2, 0) is 14.6 Å². The van der Waals surface area contributed by atoms with Gasteiger partial charge in [0.25, 0.3) is 0 Å². The van der Waals surface area contributed by atoms with Crippen LogP contribution in [0, 0.1) is 5.92 Å². The summed E-state index contributed by atoms with van der Waals surface area (Å²) < 4.78 is 36.4. The number of nitrogens with zero attached hydrogens (tertiary/aromatic N) is 1. The Kier molecular flexibility index (Phi) is 6.26. The molecule has 0 aromatic heterocycles. The van der Waals surface area contributed by atoms with E-state index in [9.17, 15) is 13.2 Å². The molecule has 7 nitrogen and oxygen atoms in total. The Morgan fingerprint density at radius 2 is 1.89 bits per heavy atom. The van der Waals surface area contributed by atoms with E-state index in [0.29, 0.717) is 43.7 Å². The maximum atomic E-state index is 12.6. The number of sulfone groups is 1. The number of nitrogens with two attached hydrogens (primary N) is 1. The van der Waals surface area contributed by atoms with E-state index in [1.807, 2.05) is 6.92 Å². The molecule has 0 radical (unpaired) electrons. The molecule has 3 rings (SSSR count). The Hall–Kier alpha value is -1.80. The van der Waals surface area contributed by atoms with Crippen molar-refractivity contribution < 1.29 is 22.7 Å². The fourth-order valence-corrected chi connectivity index (χ4v) is 4.75. The molecule has 0 bridgehead atoms. The highest BCUT2D eigenvalue weighted by molar-refractivity contribution is 7.91. The van der Waals surface area contributed by atoms with Gasteiger partial charge in [-0.3, -0.25) is 4.79 Å². The Bertz CT molecular complexity index is 770. The largest absolute Gasteiger partial charge is 0.490 e. The first-order valence-corrected chi connectivity index (χ1v) is 11.2. The minimum atomic E-state index is -3.57. The first-order chi connectivity index (χ1) is 12.9. The normalized spacial score (nSPS) is 19.4. The standard InChI is InChI=1S/C19H28N2O5S/c1-14(20)15-5-8-21(9-6-15)19(22)7-12-27(23,24)16-3-4-17-18(13-16)26-11-2-10-25-17/h3-4,13-15H,2,5-12,20H2,1H3. The highest BCUT2D eigenvalue weighted by atomic mass is 32.2. The van der Waals surface area contributed by atoms with Crippen molar-refractivity contribution in [3.05, 3.63) is 18.2 Å². The van der Waals surface area contributed by atoms with Crippen LogP contribution in [0.3, 0.4) is 0 Å². The molecule has 2 aliphatic heterocycles. The zero-order valence-electron chi connectivity index (χ0n) is 15.7. The summed E-state index contributed by atoms with van der Waals surface area (Å²) >= 11 is 0. The molecule has 1 atom stereocenters. The molecule has 2 heterocycles. The average molecular weight is 397 g/mol. The molecule has 0 aliphatic carbocycles. The number of hydrogen-bond donors (Lipinski definition) is 1. The lowest BCUT2D eigenvalue weighted by atomic mass is 9.91. The molecular weight excluding hydrogens is 368 g/mol. The third-order valence-electron chi connectivity index (χ3n) is 5.30. The van der Waals surface area contributed by atoms with E-state index in [4.69, 9.17) is 15.2 Å². The Morgan fingerprint density at radius 1 is 1.22 bits per heavy atom. The lowest BCUT2D eigenvalue weighted by molar-refractivity contribution is -0.132. The van der Waals surface area contributed by atoms with Crippen molar-refractivity contribution in [1.29, 1.82) is 0 Å². The minimum Gasteiger partial charge on any atom is -0.490 e. The maximum absolute atomic E-state index is 12.6. The predicted octanol–water partition coefficient (Wildman–Crippen LogP) is 1.60. The van der Waals surface area contributed by atoms with Crippen LogP contribution in [0.4, 0.5) is 0 Å². The van der Waals surface area contributed by atoms with E-state index < -0.39 is 9.84 Å². The van der Waals surface area contributed by atoms with Gasteiger partial charge in [-0.05, 0) is 37.8 Å². The molecule has 0 saturated carbocycles. The molecule has 2 aliphatic rings.